The summed E-state index contributed by atoms with van der Waals surface area (Å²) in [6, 6.07) is 6.13. The predicted molar refractivity (Wildman–Crippen MR) is 42.5 cm³/mol. The van der Waals surface area contributed by atoms with Crippen LogP contribution in [0.4, 0.5) is 0 Å². The molecule has 0 spiro atoms. The second kappa shape index (κ2) is 2.74. The summed E-state index contributed by atoms with van der Waals surface area (Å²) < 4.78 is 5.18. The molecule has 0 aromatic heterocycles. The van der Waals surface area contributed by atoms with E-state index in [0.717, 1.165) is 5.75 Å². The highest BCUT2D eigenvalue weighted by molar-refractivity contribution is 5.39. The van der Waals surface area contributed by atoms with Crippen molar-refractivity contribution >= 4 is 0 Å². The quantitative estimate of drug-likeness (QED) is 0.540. The third-order valence-electron chi connectivity index (χ3n) is 1.61. The van der Waals surface area contributed by atoms with Gasteiger partial charge in [0.1, 0.15) is 5.75 Å². The lowest BCUT2D eigenvalue weighted by Crippen LogP contribution is -1.89. The summed E-state index contributed by atoms with van der Waals surface area (Å²) in [6.07, 6.45) is 0. The van der Waals surface area contributed by atoms with E-state index >= 15 is 0 Å². The molecule has 0 aliphatic carbocycles. The molecule has 0 unspecified atom stereocenters. The third-order valence-corrected chi connectivity index (χ3v) is 1.61. The van der Waals surface area contributed by atoms with Gasteiger partial charge < -0.3 is 4.74 Å². The van der Waals surface area contributed by atoms with Crippen LogP contribution in [0.15, 0.2) is 18.2 Å². The molecule has 0 amide bonds. The molecule has 1 heteroatoms. The smallest absolute Gasteiger partial charge is 0.124 e. The van der Waals surface area contributed by atoms with Crippen molar-refractivity contribution < 1.29 is 4.74 Å². The summed E-state index contributed by atoms with van der Waals surface area (Å²) in [5, 5.41) is 0. The molecule has 1 nitrogen and oxygen atoms in total. The molecule has 0 bridgehead atoms. The molecule has 54 valence electrons. The minimum atomic E-state index is 1.00. The Balaban J connectivity index is 3.17. The third kappa shape index (κ3) is 1.13. The first-order valence-corrected chi connectivity index (χ1v) is 3.36. The van der Waals surface area contributed by atoms with Crippen molar-refractivity contribution in [2.75, 3.05) is 7.11 Å². The van der Waals surface area contributed by atoms with Crippen LogP contribution < -0.4 is 4.74 Å². The van der Waals surface area contributed by atoms with Crippen LogP contribution in [0.5, 0.6) is 5.75 Å². The summed E-state index contributed by atoms with van der Waals surface area (Å²) in [4.78, 5) is 0. The standard InChI is InChI=1S/C9H12O/c1-7-5-4-6-8(2)9(7)10-3/h4-6H,1-3H3/i3+1. The topological polar surface area (TPSA) is 9.23 Å². The Bertz CT molecular complexity index is 208. The van der Waals surface area contributed by atoms with Crippen molar-refractivity contribution in [3.8, 4) is 5.75 Å². The summed E-state index contributed by atoms with van der Waals surface area (Å²) in [5.41, 5.74) is 2.39. The molecular weight excluding hydrogens is 125 g/mol. The molecule has 0 radical (unpaired) electrons. The van der Waals surface area contributed by atoms with Crippen molar-refractivity contribution in [1.29, 1.82) is 0 Å². The van der Waals surface area contributed by atoms with Gasteiger partial charge in [0.05, 0.1) is 7.11 Å². The molecular formula is C9H12O. The Hall–Kier alpha value is -0.980. The average molecular weight is 137 g/mol. The number of rotatable bonds is 1. The monoisotopic (exact) mass is 137 g/mol. The van der Waals surface area contributed by atoms with Crippen LogP contribution in [-0.2, 0) is 0 Å². The van der Waals surface area contributed by atoms with E-state index in [9.17, 15) is 0 Å². The lowest BCUT2D eigenvalue weighted by Gasteiger charge is -2.06. The van der Waals surface area contributed by atoms with Gasteiger partial charge in [-0.3, -0.25) is 0 Å². The SMILES string of the molecule is Cc1cccc(C)c1O[13CH3]. The van der Waals surface area contributed by atoms with Gasteiger partial charge in [0, 0.05) is 0 Å². The zero-order valence-corrected chi connectivity index (χ0v) is 6.64. The average Bonchev–Trinajstić information content (AvgIpc) is 1.88. The van der Waals surface area contributed by atoms with E-state index in [-0.39, 0.29) is 0 Å². The van der Waals surface area contributed by atoms with E-state index in [1.165, 1.54) is 11.1 Å². The number of para-hydroxylation sites is 1. The molecule has 1 rings (SSSR count). The maximum atomic E-state index is 5.18. The lowest BCUT2D eigenvalue weighted by molar-refractivity contribution is 0.408. The lowest BCUT2D eigenvalue weighted by atomic mass is 10.1. The van der Waals surface area contributed by atoms with E-state index in [4.69, 9.17) is 4.74 Å². The molecule has 0 saturated heterocycles. The van der Waals surface area contributed by atoms with Crippen LogP contribution in [-0.4, -0.2) is 7.11 Å². The van der Waals surface area contributed by atoms with Gasteiger partial charge in [-0.1, -0.05) is 18.2 Å². The molecule has 1 aromatic rings. The maximum Gasteiger partial charge on any atom is 0.124 e. The molecule has 0 saturated carbocycles. The number of methoxy groups -OCH3 is 1. The van der Waals surface area contributed by atoms with Crippen molar-refractivity contribution in [3.05, 3.63) is 29.3 Å². The molecule has 0 aliphatic rings. The zero-order chi connectivity index (χ0) is 7.56. The zero-order valence-electron chi connectivity index (χ0n) is 6.64. The second-order valence-corrected chi connectivity index (χ2v) is 2.43. The molecule has 0 N–H and O–H groups in total. The van der Waals surface area contributed by atoms with Gasteiger partial charge in [0.2, 0.25) is 0 Å². The Labute approximate surface area is 61.6 Å². The maximum absolute atomic E-state index is 5.18. The molecule has 0 atom stereocenters. The van der Waals surface area contributed by atoms with Gasteiger partial charge >= 0.3 is 0 Å². The van der Waals surface area contributed by atoms with Crippen LogP contribution >= 0.6 is 0 Å². The molecule has 1 aromatic carbocycles. The van der Waals surface area contributed by atoms with E-state index in [1.54, 1.807) is 7.11 Å². The van der Waals surface area contributed by atoms with E-state index in [0.29, 0.717) is 0 Å². The highest BCUT2D eigenvalue weighted by Gasteiger charge is 1.98. The molecule has 10 heavy (non-hydrogen) atoms. The van der Waals surface area contributed by atoms with Gasteiger partial charge in [0.25, 0.3) is 0 Å². The Morgan fingerprint density at radius 3 is 1.90 bits per heavy atom. The Morgan fingerprint density at radius 2 is 1.60 bits per heavy atom. The number of hydrogen-bond acceptors (Lipinski definition) is 1. The number of aryl methyl sites for hydroxylation is 2. The highest BCUT2D eigenvalue weighted by atomic mass is 16.5. The van der Waals surface area contributed by atoms with Crippen molar-refractivity contribution in [3.63, 3.8) is 0 Å². The van der Waals surface area contributed by atoms with E-state index in [1.807, 2.05) is 32.0 Å². The van der Waals surface area contributed by atoms with Gasteiger partial charge in [-0.2, -0.15) is 0 Å². The van der Waals surface area contributed by atoms with Crippen LogP contribution in [0.2, 0.25) is 0 Å². The molecule has 0 aliphatic heterocycles. The van der Waals surface area contributed by atoms with Crippen molar-refractivity contribution in [2.45, 2.75) is 13.8 Å². The van der Waals surface area contributed by atoms with E-state index in [2.05, 4.69) is 0 Å². The summed E-state index contributed by atoms with van der Waals surface area (Å²) in [6.45, 7) is 4.09. The Kier molecular flexibility index (Phi) is 1.95. The fraction of sp³-hybridized carbons (Fsp3) is 0.333. The fourth-order valence-corrected chi connectivity index (χ4v) is 1.12. The van der Waals surface area contributed by atoms with Crippen LogP contribution in [0.25, 0.3) is 0 Å². The van der Waals surface area contributed by atoms with Gasteiger partial charge in [-0.05, 0) is 25.0 Å². The van der Waals surface area contributed by atoms with Crippen LogP contribution in [0, 0.1) is 13.8 Å². The number of benzene rings is 1. The predicted octanol–water partition coefficient (Wildman–Crippen LogP) is 2.31. The van der Waals surface area contributed by atoms with Crippen molar-refractivity contribution in [1.82, 2.24) is 0 Å². The van der Waals surface area contributed by atoms with Crippen molar-refractivity contribution in [2.24, 2.45) is 0 Å². The van der Waals surface area contributed by atoms with E-state index < -0.39 is 0 Å². The first-order valence-electron chi connectivity index (χ1n) is 3.36. The summed E-state index contributed by atoms with van der Waals surface area (Å²) in [5.74, 6) is 1.00. The van der Waals surface area contributed by atoms with Crippen LogP contribution in [0.1, 0.15) is 11.1 Å². The highest BCUT2D eigenvalue weighted by Crippen LogP contribution is 2.20. The normalized spacial score (nSPS) is 9.50. The first-order chi connectivity index (χ1) is 4.75. The molecule has 0 heterocycles. The first kappa shape index (κ1) is 7.13. The van der Waals surface area contributed by atoms with Gasteiger partial charge in [-0.25, -0.2) is 0 Å². The Morgan fingerprint density at radius 1 is 1.10 bits per heavy atom. The second-order valence-electron chi connectivity index (χ2n) is 2.43. The van der Waals surface area contributed by atoms with Crippen LogP contribution in [0.3, 0.4) is 0 Å². The number of hydrogen-bond donors (Lipinski definition) is 0. The number of ether oxygens (including phenoxy) is 1. The van der Waals surface area contributed by atoms with Gasteiger partial charge in [0.15, 0.2) is 0 Å². The molecule has 0 fully saturated rings. The minimum Gasteiger partial charge on any atom is -0.496 e. The van der Waals surface area contributed by atoms with Gasteiger partial charge in [-0.15, -0.1) is 0 Å². The minimum absolute atomic E-state index is 1.00. The summed E-state index contributed by atoms with van der Waals surface area (Å²) >= 11 is 0. The summed E-state index contributed by atoms with van der Waals surface area (Å²) in [7, 11) is 1.70. The largest absolute Gasteiger partial charge is 0.496 e. The fourth-order valence-electron chi connectivity index (χ4n) is 1.12.